The molecule has 0 aliphatic carbocycles. The van der Waals surface area contributed by atoms with Crippen LogP contribution >= 0.6 is 11.8 Å². The molecular formula is C20H16FN5O2S. The van der Waals surface area contributed by atoms with E-state index < -0.39 is 5.69 Å². The molecule has 4 aromatic rings. The van der Waals surface area contributed by atoms with Crippen LogP contribution in [-0.4, -0.2) is 25.1 Å². The molecule has 0 saturated heterocycles. The first-order valence-corrected chi connectivity index (χ1v) is 9.56. The zero-order chi connectivity index (χ0) is 20.4. The van der Waals surface area contributed by atoms with Crippen molar-refractivity contribution in [1.82, 2.24) is 19.2 Å². The van der Waals surface area contributed by atoms with Crippen molar-refractivity contribution in [3.8, 4) is 0 Å². The van der Waals surface area contributed by atoms with Crippen molar-refractivity contribution in [3.63, 3.8) is 0 Å². The Morgan fingerprint density at radius 2 is 1.93 bits per heavy atom. The number of halogens is 1. The molecule has 0 saturated carbocycles. The van der Waals surface area contributed by atoms with E-state index in [-0.39, 0.29) is 18.3 Å². The highest BCUT2D eigenvalue weighted by atomic mass is 32.2. The first-order valence-electron chi connectivity index (χ1n) is 8.74. The van der Waals surface area contributed by atoms with Gasteiger partial charge in [0.25, 0.3) is 0 Å². The number of benzene rings is 2. The largest absolute Gasteiger partial charge is 0.350 e. The molecule has 29 heavy (non-hydrogen) atoms. The highest BCUT2D eigenvalue weighted by Crippen LogP contribution is 2.28. The molecule has 0 unspecified atom stereocenters. The van der Waals surface area contributed by atoms with Crippen molar-refractivity contribution in [2.45, 2.75) is 23.4 Å². The first-order chi connectivity index (χ1) is 14.0. The van der Waals surface area contributed by atoms with Gasteiger partial charge in [0.05, 0.1) is 0 Å². The van der Waals surface area contributed by atoms with E-state index in [4.69, 9.17) is 0 Å². The van der Waals surface area contributed by atoms with Crippen LogP contribution in [0.3, 0.4) is 0 Å². The summed E-state index contributed by atoms with van der Waals surface area (Å²) in [5.74, 6) is -0.689. The van der Waals surface area contributed by atoms with Crippen LogP contribution in [0, 0.1) is 12.7 Å². The summed E-state index contributed by atoms with van der Waals surface area (Å²) >= 11 is 1.26. The van der Waals surface area contributed by atoms with Crippen LogP contribution in [-0.2, 0) is 11.3 Å². The summed E-state index contributed by atoms with van der Waals surface area (Å²) in [6.07, 6.45) is 2.98. The number of nitrogens with zero attached hydrogens (tertiary/aromatic N) is 4. The number of nitrogens with one attached hydrogen (secondary N) is 1. The number of hydrogen-bond donors (Lipinski definition) is 1. The highest BCUT2D eigenvalue weighted by Gasteiger charge is 2.15. The molecule has 0 aliphatic rings. The monoisotopic (exact) mass is 409 g/mol. The van der Waals surface area contributed by atoms with Crippen LogP contribution in [0.5, 0.6) is 0 Å². The lowest BCUT2D eigenvalue weighted by molar-refractivity contribution is -0.117. The molecule has 1 amide bonds. The Morgan fingerprint density at radius 1 is 1.17 bits per heavy atom. The molecule has 0 aliphatic heterocycles. The molecule has 0 bridgehead atoms. The average Bonchev–Trinajstić information content (AvgIpc) is 3.02. The molecule has 0 fully saturated rings. The fraction of sp³-hybridized carbons (Fsp3) is 0.100. The maximum absolute atomic E-state index is 13.1. The molecule has 4 rings (SSSR count). The van der Waals surface area contributed by atoms with Crippen LogP contribution in [0.2, 0.25) is 0 Å². The van der Waals surface area contributed by atoms with Gasteiger partial charge in [-0.05, 0) is 42.8 Å². The third kappa shape index (κ3) is 4.04. The normalized spacial score (nSPS) is 11.0. The fourth-order valence-electron chi connectivity index (χ4n) is 2.75. The Labute approximate surface area is 169 Å². The summed E-state index contributed by atoms with van der Waals surface area (Å²) in [7, 11) is 0. The minimum Gasteiger partial charge on any atom is -0.324 e. The second kappa shape index (κ2) is 7.88. The average molecular weight is 409 g/mol. The molecule has 7 nitrogen and oxygen atoms in total. The highest BCUT2D eigenvalue weighted by molar-refractivity contribution is 7.99. The van der Waals surface area contributed by atoms with Crippen LogP contribution in [0.15, 0.2) is 75.6 Å². The fourth-order valence-corrected chi connectivity index (χ4v) is 3.59. The van der Waals surface area contributed by atoms with Gasteiger partial charge >= 0.3 is 5.69 Å². The molecule has 2 aromatic carbocycles. The van der Waals surface area contributed by atoms with Crippen LogP contribution in [0.25, 0.3) is 5.65 Å². The van der Waals surface area contributed by atoms with Gasteiger partial charge in [0, 0.05) is 23.0 Å². The van der Waals surface area contributed by atoms with Crippen LogP contribution in [0.4, 0.5) is 10.1 Å². The summed E-state index contributed by atoms with van der Waals surface area (Å²) in [5.41, 5.74) is 1.49. The summed E-state index contributed by atoms with van der Waals surface area (Å²) in [5, 5.41) is 7.55. The minimum absolute atomic E-state index is 0.227. The number of rotatable bonds is 5. The third-order valence-electron chi connectivity index (χ3n) is 4.21. The lowest BCUT2D eigenvalue weighted by atomic mass is 10.2. The van der Waals surface area contributed by atoms with Gasteiger partial charge in [0.2, 0.25) is 5.91 Å². The van der Waals surface area contributed by atoms with E-state index in [1.165, 1.54) is 40.7 Å². The van der Waals surface area contributed by atoms with E-state index in [1.54, 1.807) is 18.2 Å². The van der Waals surface area contributed by atoms with Gasteiger partial charge in [-0.3, -0.25) is 4.79 Å². The summed E-state index contributed by atoms with van der Waals surface area (Å²) in [4.78, 5) is 30.1. The molecule has 2 heterocycles. The summed E-state index contributed by atoms with van der Waals surface area (Å²) in [6, 6.07) is 13.3. The molecule has 0 spiro atoms. The predicted octanol–water partition coefficient (Wildman–Crippen LogP) is 3.13. The number of carbonyl (C=O) groups is 1. The molecule has 0 radical (unpaired) electrons. The number of carbonyl (C=O) groups excluding carboxylic acids is 1. The second-order valence-electron chi connectivity index (χ2n) is 6.29. The smallest absolute Gasteiger partial charge is 0.324 e. The predicted molar refractivity (Wildman–Crippen MR) is 108 cm³/mol. The Balaban J connectivity index is 1.60. The van der Waals surface area contributed by atoms with Gasteiger partial charge in [-0.1, -0.05) is 30.0 Å². The molecular weight excluding hydrogens is 393 g/mol. The van der Waals surface area contributed by atoms with Gasteiger partial charge in [-0.25, -0.2) is 23.3 Å². The number of aryl methyl sites for hydroxylation is 1. The molecule has 0 atom stereocenters. The van der Waals surface area contributed by atoms with E-state index in [0.717, 1.165) is 15.1 Å². The van der Waals surface area contributed by atoms with Crippen molar-refractivity contribution < 1.29 is 9.18 Å². The van der Waals surface area contributed by atoms with E-state index in [9.17, 15) is 14.0 Å². The standard InChI is InChI=1S/C20H16FN5O2S/c1-13-4-2-3-5-16(13)23-17(27)12-26-20(28)25-11-10-22-19(18(25)24-26)29-15-8-6-14(21)7-9-15/h2-11H,12H2,1H3,(H,23,27). The molecule has 9 heteroatoms. The zero-order valence-electron chi connectivity index (χ0n) is 15.4. The van der Waals surface area contributed by atoms with Gasteiger partial charge in [-0.2, -0.15) is 0 Å². The van der Waals surface area contributed by atoms with E-state index in [0.29, 0.717) is 16.4 Å². The van der Waals surface area contributed by atoms with Crippen molar-refractivity contribution in [2.24, 2.45) is 0 Å². The van der Waals surface area contributed by atoms with Gasteiger partial charge < -0.3 is 5.32 Å². The van der Waals surface area contributed by atoms with Gasteiger partial charge in [-0.15, -0.1) is 5.10 Å². The lowest BCUT2D eigenvalue weighted by Crippen LogP contribution is -2.28. The Hall–Kier alpha value is -3.46. The number of aromatic nitrogens is 4. The lowest BCUT2D eigenvalue weighted by Gasteiger charge is -2.07. The maximum Gasteiger partial charge on any atom is 0.350 e. The number of anilines is 1. The molecule has 2 aromatic heterocycles. The van der Waals surface area contributed by atoms with Crippen molar-refractivity contribution in [2.75, 3.05) is 5.32 Å². The van der Waals surface area contributed by atoms with Gasteiger partial charge in [0.1, 0.15) is 17.4 Å². The van der Waals surface area contributed by atoms with Crippen LogP contribution in [0.1, 0.15) is 5.56 Å². The van der Waals surface area contributed by atoms with Crippen molar-refractivity contribution >= 4 is 29.0 Å². The topological polar surface area (TPSA) is 81.3 Å². The van der Waals surface area contributed by atoms with E-state index in [2.05, 4.69) is 15.4 Å². The minimum atomic E-state index is -0.441. The number of amides is 1. The third-order valence-corrected chi connectivity index (χ3v) is 5.20. The van der Waals surface area contributed by atoms with Crippen molar-refractivity contribution in [3.05, 3.63) is 82.8 Å². The second-order valence-corrected chi connectivity index (χ2v) is 7.35. The summed E-state index contributed by atoms with van der Waals surface area (Å²) < 4.78 is 15.5. The quantitative estimate of drug-likeness (QED) is 0.548. The van der Waals surface area contributed by atoms with Crippen molar-refractivity contribution in [1.29, 1.82) is 0 Å². The Morgan fingerprint density at radius 3 is 2.69 bits per heavy atom. The van der Waals surface area contributed by atoms with E-state index in [1.807, 2.05) is 25.1 Å². The van der Waals surface area contributed by atoms with Gasteiger partial charge in [0.15, 0.2) is 5.65 Å². The Bertz CT molecular complexity index is 1250. The number of para-hydroxylation sites is 1. The number of hydrogen-bond acceptors (Lipinski definition) is 5. The SMILES string of the molecule is Cc1ccccc1NC(=O)Cn1nc2c(Sc3ccc(F)cc3)nccn2c1=O. The molecule has 146 valence electrons. The van der Waals surface area contributed by atoms with Crippen LogP contribution < -0.4 is 11.0 Å². The van der Waals surface area contributed by atoms with E-state index >= 15 is 0 Å². The zero-order valence-corrected chi connectivity index (χ0v) is 16.2. The molecule has 1 N–H and O–H groups in total. The Kier molecular flexibility index (Phi) is 5.13. The number of fused-ring (bicyclic) bond motifs is 1. The maximum atomic E-state index is 13.1. The first kappa shape index (κ1) is 18.9. The summed E-state index contributed by atoms with van der Waals surface area (Å²) in [6.45, 7) is 1.66.